The summed E-state index contributed by atoms with van der Waals surface area (Å²) in [6.07, 6.45) is -6.71. The highest BCUT2D eigenvalue weighted by Crippen LogP contribution is 2.46. The van der Waals surface area contributed by atoms with Crippen molar-refractivity contribution < 1.29 is 44.0 Å². The topological polar surface area (TPSA) is 147 Å². The number of hydrogen-bond acceptors (Lipinski definition) is 9. The summed E-state index contributed by atoms with van der Waals surface area (Å²) in [6, 6.07) is 17.8. The average Bonchev–Trinajstić information content (AvgIpc) is 3.15. The van der Waals surface area contributed by atoms with E-state index in [0.717, 1.165) is 23.6 Å². The highest BCUT2D eigenvalue weighted by molar-refractivity contribution is 6.14. The predicted molar refractivity (Wildman–Crippen MR) is 143 cm³/mol. The molecule has 1 unspecified atom stereocenters. The number of ether oxygens (including phenoxy) is 2. The fourth-order valence-electron chi connectivity index (χ4n) is 4.75. The molecule has 3 aromatic carbocycles. The first-order valence-electron chi connectivity index (χ1n) is 12.6. The molecule has 0 amide bonds. The van der Waals surface area contributed by atoms with Crippen molar-refractivity contribution in [2.45, 2.75) is 57.4 Å². The van der Waals surface area contributed by atoms with Crippen LogP contribution >= 0.6 is 0 Å². The van der Waals surface area contributed by atoms with E-state index in [2.05, 4.69) is 0 Å². The first-order chi connectivity index (χ1) is 18.8. The van der Waals surface area contributed by atoms with E-state index in [0.29, 0.717) is 0 Å². The second-order valence-electron chi connectivity index (χ2n) is 10.1. The molecule has 1 fully saturated rings. The normalized spacial score (nSPS) is 24.8. The molecule has 3 aromatic rings. The van der Waals surface area contributed by atoms with Gasteiger partial charge in [-0.05, 0) is 20.8 Å². The minimum absolute atomic E-state index is 0.0242. The van der Waals surface area contributed by atoms with Crippen molar-refractivity contribution in [2.24, 2.45) is 0 Å². The van der Waals surface area contributed by atoms with Crippen molar-refractivity contribution in [1.29, 1.82) is 0 Å². The minimum Gasteiger partial charge on any atom is -0.432 e. The van der Waals surface area contributed by atoms with Crippen molar-refractivity contribution in [3.8, 4) is 0 Å². The molecule has 1 heterocycles. The van der Waals surface area contributed by atoms with Gasteiger partial charge in [-0.3, -0.25) is 19.2 Å². The van der Waals surface area contributed by atoms with Gasteiger partial charge in [0, 0.05) is 23.6 Å². The second-order valence-corrected chi connectivity index (χ2v) is 10.1. The van der Waals surface area contributed by atoms with Crippen molar-refractivity contribution in [1.82, 2.24) is 0 Å². The lowest BCUT2D eigenvalue weighted by atomic mass is 9.70. The van der Waals surface area contributed by atoms with Gasteiger partial charge < -0.3 is 24.8 Å². The summed E-state index contributed by atoms with van der Waals surface area (Å²) in [5.41, 5.74) is -4.39. The van der Waals surface area contributed by atoms with Gasteiger partial charge in [0.15, 0.2) is 11.4 Å². The van der Waals surface area contributed by atoms with Gasteiger partial charge in [-0.15, -0.1) is 0 Å². The Morgan fingerprint density at radius 3 is 1.48 bits per heavy atom. The molecule has 9 heteroatoms. The molecule has 0 aromatic heterocycles. The summed E-state index contributed by atoms with van der Waals surface area (Å²) in [5.74, 6) is -4.39. The number of carbonyl (C=O) groups excluding carboxylic acids is 4. The molecule has 3 N–H and O–H groups in total. The first kappa shape index (κ1) is 29.0. The van der Waals surface area contributed by atoms with Gasteiger partial charge in [-0.2, -0.15) is 0 Å². The zero-order valence-electron chi connectivity index (χ0n) is 22.5. The van der Waals surface area contributed by atoms with Crippen LogP contribution in [0.5, 0.6) is 0 Å². The smallest absolute Gasteiger partial charge is 0.305 e. The van der Waals surface area contributed by atoms with Crippen LogP contribution in [0.25, 0.3) is 0 Å². The number of rotatable bonds is 8. The fourth-order valence-corrected chi connectivity index (χ4v) is 4.75. The zero-order chi connectivity index (χ0) is 29.4. The number of aliphatic hydroxyl groups excluding tert-OH is 1. The monoisotopic (exact) mass is 546 g/mol. The number of hydrogen-bond donors (Lipinski definition) is 3. The summed E-state index contributed by atoms with van der Waals surface area (Å²) < 4.78 is 10.7. The Balaban J connectivity index is 1.92. The molecule has 40 heavy (non-hydrogen) atoms. The van der Waals surface area contributed by atoms with Gasteiger partial charge in [-0.1, -0.05) is 89.5 Å². The lowest BCUT2D eigenvalue weighted by molar-refractivity contribution is -0.201. The van der Waals surface area contributed by atoms with Gasteiger partial charge in [0.25, 0.3) is 0 Å². The number of benzene rings is 3. The Morgan fingerprint density at radius 2 is 1.07 bits per heavy atom. The molecule has 4 rings (SSSR count). The maximum Gasteiger partial charge on any atom is 0.305 e. The zero-order valence-corrected chi connectivity index (χ0v) is 22.5. The SMILES string of the molecule is CC(=O)O[C@H]1O[C@H](C(O)C(=O)c2ccc(C)cc2)[C@](O)(C(=O)c2ccc(C)cc2)[C@]1(O)C(=O)c1ccc(C)cc1. The number of carbonyl (C=O) groups is 4. The van der Waals surface area contributed by atoms with Gasteiger partial charge in [0.2, 0.25) is 23.5 Å². The molecule has 0 radical (unpaired) electrons. The summed E-state index contributed by atoms with van der Waals surface area (Å²) >= 11 is 0. The molecule has 9 nitrogen and oxygen atoms in total. The first-order valence-corrected chi connectivity index (χ1v) is 12.6. The van der Waals surface area contributed by atoms with Crippen molar-refractivity contribution in [2.75, 3.05) is 0 Å². The van der Waals surface area contributed by atoms with Gasteiger partial charge in [0.05, 0.1) is 0 Å². The van der Waals surface area contributed by atoms with E-state index in [1.807, 2.05) is 0 Å². The lowest BCUT2D eigenvalue weighted by Gasteiger charge is -2.38. The Hall–Kier alpha value is -4.02. The maximum atomic E-state index is 14.0. The molecule has 5 atom stereocenters. The predicted octanol–water partition coefficient (Wildman–Crippen LogP) is 2.67. The Morgan fingerprint density at radius 1 is 0.700 bits per heavy atom. The van der Waals surface area contributed by atoms with Crippen LogP contribution in [0.1, 0.15) is 54.7 Å². The largest absolute Gasteiger partial charge is 0.432 e. The Bertz CT molecular complexity index is 1440. The number of esters is 1. The van der Waals surface area contributed by atoms with Crippen LogP contribution in [0, 0.1) is 20.8 Å². The molecule has 208 valence electrons. The summed E-state index contributed by atoms with van der Waals surface area (Å²) in [7, 11) is 0. The van der Waals surface area contributed by atoms with Crippen LogP contribution in [0.15, 0.2) is 72.8 Å². The van der Waals surface area contributed by atoms with E-state index < -0.39 is 53.0 Å². The van der Waals surface area contributed by atoms with Crippen LogP contribution in [-0.4, -0.2) is 68.3 Å². The minimum atomic E-state index is -3.27. The van der Waals surface area contributed by atoms with Crippen LogP contribution in [0.2, 0.25) is 0 Å². The third-order valence-electron chi connectivity index (χ3n) is 7.09. The van der Waals surface area contributed by atoms with Gasteiger partial charge in [-0.25, -0.2) is 0 Å². The molecule has 1 saturated heterocycles. The van der Waals surface area contributed by atoms with Crippen molar-refractivity contribution >= 4 is 23.3 Å². The van der Waals surface area contributed by atoms with E-state index in [1.165, 1.54) is 36.4 Å². The van der Waals surface area contributed by atoms with E-state index in [9.17, 15) is 34.5 Å². The van der Waals surface area contributed by atoms with Gasteiger partial charge >= 0.3 is 5.97 Å². The molecule has 0 spiro atoms. The highest BCUT2D eigenvalue weighted by atomic mass is 16.7. The Labute approximate surface area is 231 Å². The lowest BCUT2D eigenvalue weighted by Crippen LogP contribution is -2.69. The number of ketones is 3. The molecule has 1 aliphatic heterocycles. The summed E-state index contributed by atoms with van der Waals surface area (Å²) in [4.78, 5) is 53.3. The number of aryl methyl sites for hydroxylation is 3. The molecule has 1 aliphatic rings. The highest BCUT2D eigenvalue weighted by Gasteiger charge is 2.76. The van der Waals surface area contributed by atoms with Crippen LogP contribution in [0.3, 0.4) is 0 Å². The summed E-state index contributed by atoms with van der Waals surface area (Å²) in [5, 5.41) is 35.5. The average molecular weight is 547 g/mol. The Kier molecular flexibility index (Phi) is 7.87. The maximum absolute atomic E-state index is 14.0. The summed E-state index contributed by atoms with van der Waals surface area (Å²) in [6.45, 7) is 6.30. The number of aliphatic hydroxyl groups is 3. The van der Waals surface area contributed by atoms with Crippen LogP contribution in [-0.2, 0) is 14.3 Å². The van der Waals surface area contributed by atoms with E-state index in [1.54, 1.807) is 57.2 Å². The number of Topliss-reactive ketones (excluding diaryl/α,β-unsaturated/α-hetero) is 3. The van der Waals surface area contributed by atoms with Crippen LogP contribution < -0.4 is 0 Å². The third kappa shape index (κ3) is 4.89. The fraction of sp³-hybridized carbons (Fsp3) is 0.290. The standard InChI is InChI=1S/C31H30O9/c1-17-5-11-21(12-6-17)24(33)25(34)28-30(37,26(35)22-13-7-18(2)8-14-22)31(38,29(40-28)39-20(4)32)27(36)23-15-9-19(3)10-16-23/h5-16,25,28-29,34,37-38H,1-4H3/t25?,28-,29+,30-,31+/m1/s1. The molecular formula is C31H30O9. The molecule has 0 aliphatic carbocycles. The quantitative estimate of drug-likeness (QED) is 0.287. The van der Waals surface area contributed by atoms with E-state index >= 15 is 0 Å². The molecule has 0 bridgehead atoms. The molecular weight excluding hydrogens is 516 g/mol. The van der Waals surface area contributed by atoms with Crippen LogP contribution in [0.4, 0.5) is 0 Å². The van der Waals surface area contributed by atoms with Crippen molar-refractivity contribution in [3.63, 3.8) is 0 Å². The molecule has 0 saturated carbocycles. The van der Waals surface area contributed by atoms with E-state index in [-0.39, 0.29) is 16.7 Å². The second kappa shape index (κ2) is 10.9. The third-order valence-corrected chi connectivity index (χ3v) is 7.09. The van der Waals surface area contributed by atoms with Gasteiger partial charge in [0.1, 0.15) is 12.2 Å². The van der Waals surface area contributed by atoms with E-state index in [4.69, 9.17) is 9.47 Å². The van der Waals surface area contributed by atoms with Crippen molar-refractivity contribution in [3.05, 3.63) is 106 Å².